The van der Waals surface area contributed by atoms with Gasteiger partial charge in [-0.15, -0.1) is 0 Å². The van der Waals surface area contributed by atoms with Crippen LogP contribution in [-0.2, 0) is 0 Å². The number of rotatable bonds is 2. The zero-order valence-corrected chi connectivity index (χ0v) is 12.0. The lowest BCUT2D eigenvalue weighted by atomic mass is 10.1. The van der Waals surface area contributed by atoms with Crippen LogP contribution in [0.3, 0.4) is 0 Å². The molecule has 2 aromatic rings. The van der Waals surface area contributed by atoms with E-state index in [1.165, 1.54) is 0 Å². The number of nitrogens with zero attached hydrogens (tertiary/aromatic N) is 2. The third kappa shape index (κ3) is 3.06. The molecule has 5 heteroatoms. The number of anilines is 1. The summed E-state index contributed by atoms with van der Waals surface area (Å²) in [6.07, 6.45) is 0.348. The fourth-order valence-corrected chi connectivity index (χ4v) is 2.68. The number of fused-ring (bicyclic) bond motifs is 1. The molecule has 1 aromatic heterocycles. The van der Waals surface area contributed by atoms with E-state index in [9.17, 15) is 8.78 Å². The number of halogens is 2. The highest BCUT2D eigenvalue weighted by Gasteiger charge is 2.31. The van der Waals surface area contributed by atoms with E-state index in [1.54, 1.807) is 7.11 Å². The van der Waals surface area contributed by atoms with Gasteiger partial charge in [0.2, 0.25) is 5.92 Å². The highest BCUT2D eigenvalue weighted by molar-refractivity contribution is 5.81. The second kappa shape index (κ2) is 5.47. The normalized spacial score (nSPS) is 18.5. The SMILES string of the molecule is COc1ccc2ccc(N3CCCC(F)(F)CC3)nc2c1. The van der Waals surface area contributed by atoms with Gasteiger partial charge in [-0.1, -0.05) is 0 Å². The Kier molecular flexibility index (Phi) is 3.66. The summed E-state index contributed by atoms with van der Waals surface area (Å²) in [6, 6.07) is 9.57. The fraction of sp³-hybridized carbons (Fsp3) is 0.438. The Morgan fingerprint density at radius 2 is 1.95 bits per heavy atom. The van der Waals surface area contributed by atoms with Crippen molar-refractivity contribution in [3.63, 3.8) is 0 Å². The largest absolute Gasteiger partial charge is 0.497 e. The van der Waals surface area contributed by atoms with Crippen LogP contribution < -0.4 is 9.64 Å². The van der Waals surface area contributed by atoms with Crippen molar-refractivity contribution >= 4 is 16.7 Å². The summed E-state index contributed by atoms with van der Waals surface area (Å²) in [5, 5.41) is 1.01. The Hall–Kier alpha value is -1.91. The third-order valence-corrected chi connectivity index (χ3v) is 3.93. The average Bonchev–Trinajstić information content (AvgIpc) is 2.67. The van der Waals surface area contributed by atoms with Crippen LogP contribution in [0.1, 0.15) is 19.3 Å². The molecular weight excluding hydrogens is 274 g/mol. The van der Waals surface area contributed by atoms with Crippen molar-refractivity contribution in [1.82, 2.24) is 4.98 Å². The Labute approximate surface area is 122 Å². The minimum absolute atomic E-state index is 0.0368. The second-order valence-corrected chi connectivity index (χ2v) is 5.42. The molecule has 0 saturated carbocycles. The minimum Gasteiger partial charge on any atom is -0.497 e. The lowest BCUT2D eigenvalue weighted by Crippen LogP contribution is -2.26. The maximum Gasteiger partial charge on any atom is 0.249 e. The molecule has 0 bridgehead atoms. The minimum atomic E-state index is -2.55. The first-order valence-electron chi connectivity index (χ1n) is 7.15. The summed E-state index contributed by atoms with van der Waals surface area (Å²) < 4.78 is 32.1. The van der Waals surface area contributed by atoms with Crippen LogP contribution in [0.15, 0.2) is 30.3 Å². The van der Waals surface area contributed by atoms with Crippen molar-refractivity contribution < 1.29 is 13.5 Å². The van der Waals surface area contributed by atoms with Crippen LogP contribution in [-0.4, -0.2) is 31.1 Å². The summed E-state index contributed by atoms with van der Waals surface area (Å²) >= 11 is 0. The number of hydrogen-bond donors (Lipinski definition) is 0. The Morgan fingerprint density at radius 1 is 1.14 bits per heavy atom. The topological polar surface area (TPSA) is 25.4 Å². The molecule has 0 spiro atoms. The van der Waals surface area contributed by atoms with Crippen molar-refractivity contribution in [1.29, 1.82) is 0 Å². The van der Waals surface area contributed by atoms with E-state index in [4.69, 9.17) is 4.74 Å². The highest BCUT2D eigenvalue weighted by Crippen LogP contribution is 2.30. The summed E-state index contributed by atoms with van der Waals surface area (Å²) in [6.45, 7) is 0.966. The molecular formula is C16H18F2N2O. The Bertz CT molecular complexity index is 645. The van der Waals surface area contributed by atoms with E-state index >= 15 is 0 Å². The lowest BCUT2D eigenvalue weighted by Gasteiger charge is -2.22. The van der Waals surface area contributed by atoms with Gasteiger partial charge in [0.05, 0.1) is 12.6 Å². The van der Waals surface area contributed by atoms with Gasteiger partial charge < -0.3 is 9.64 Å². The van der Waals surface area contributed by atoms with Crippen molar-refractivity contribution in [3.8, 4) is 5.75 Å². The van der Waals surface area contributed by atoms with Crippen molar-refractivity contribution in [2.45, 2.75) is 25.2 Å². The van der Waals surface area contributed by atoms with Crippen LogP contribution >= 0.6 is 0 Å². The zero-order valence-electron chi connectivity index (χ0n) is 12.0. The van der Waals surface area contributed by atoms with E-state index in [1.807, 2.05) is 35.2 Å². The number of benzene rings is 1. The molecule has 0 amide bonds. The van der Waals surface area contributed by atoms with E-state index in [0.717, 1.165) is 22.5 Å². The van der Waals surface area contributed by atoms with Gasteiger partial charge in [-0.2, -0.15) is 0 Å². The standard InChI is InChI=1S/C16H18F2N2O/c1-21-13-5-3-12-4-6-15(19-14(12)11-13)20-9-2-7-16(17,18)8-10-20/h3-6,11H,2,7-10H2,1H3. The molecule has 0 radical (unpaired) electrons. The second-order valence-electron chi connectivity index (χ2n) is 5.42. The number of alkyl halides is 2. The monoisotopic (exact) mass is 292 g/mol. The number of methoxy groups -OCH3 is 1. The predicted octanol–water partition coefficient (Wildman–Crippen LogP) is 3.87. The van der Waals surface area contributed by atoms with Gasteiger partial charge >= 0.3 is 0 Å². The quantitative estimate of drug-likeness (QED) is 0.840. The lowest BCUT2D eigenvalue weighted by molar-refractivity contribution is -0.0102. The summed E-state index contributed by atoms with van der Waals surface area (Å²) in [5.74, 6) is -1.04. The van der Waals surface area contributed by atoms with Crippen molar-refractivity contribution in [2.24, 2.45) is 0 Å². The molecule has 1 aromatic carbocycles. The van der Waals surface area contributed by atoms with Gasteiger partial charge in [0.1, 0.15) is 11.6 Å². The van der Waals surface area contributed by atoms with Gasteiger partial charge in [0.15, 0.2) is 0 Å². The van der Waals surface area contributed by atoms with Gasteiger partial charge in [0.25, 0.3) is 0 Å². The fourth-order valence-electron chi connectivity index (χ4n) is 2.68. The van der Waals surface area contributed by atoms with Gasteiger partial charge in [-0.3, -0.25) is 0 Å². The number of ether oxygens (including phenoxy) is 1. The highest BCUT2D eigenvalue weighted by atomic mass is 19.3. The first kappa shape index (κ1) is 14.0. The molecule has 21 heavy (non-hydrogen) atoms. The third-order valence-electron chi connectivity index (χ3n) is 3.93. The molecule has 1 saturated heterocycles. The molecule has 0 unspecified atom stereocenters. The molecule has 0 N–H and O–H groups in total. The zero-order chi connectivity index (χ0) is 14.9. The Balaban J connectivity index is 1.89. The number of aromatic nitrogens is 1. The van der Waals surface area contributed by atoms with Crippen LogP contribution in [0.5, 0.6) is 5.75 Å². The van der Waals surface area contributed by atoms with Crippen LogP contribution in [0.4, 0.5) is 14.6 Å². The van der Waals surface area contributed by atoms with E-state index in [0.29, 0.717) is 19.5 Å². The molecule has 1 aliphatic heterocycles. The van der Waals surface area contributed by atoms with Crippen molar-refractivity contribution in [3.05, 3.63) is 30.3 Å². The van der Waals surface area contributed by atoms with Crippen molar-refractivity contribution in [2.75, 3.05) is 25.1 Å². The smallest absolute Gasteiger partial charge is 0.249 e. The van der Waals surface area contributed by atoms with Gasteiger partial charge in [-0.05, 0) is 30.7 Å². The first-order valence-corrected chi connectivity index (χ1v) is 7.15. The number of pyridine rings is 1. The summed E-state index contributed by atoms with van der Waals surface area (Å²) in [4.78, 5) is 6.54. The Morgan fingerprint density at radius 3 is 2.76 bits per heavy atom. The van der Waals surface area contributed by atoms with Gasteiger partial charge in [-0.25, -0.2) is 13.8 Å². The first-order chi connectivity index (χ1) is 10.1. The molecule has 0 aliphatic carbocycles. The average molecular weight is 292 g/mol. The molecule has 0 atom stereocenters. The van der Waals surface area contributed by atoms with Gasteiger partial charge in [0, 0.05) is 37.4 Å². The predicted molar refractivity (Wildman–Crippen MR) is 79.3 cm³/mol. The van der Waals surface area contributed by atoms with E-state index < -0.39 is 5.92 Å². The summed E-state index contributed by atoms with van der Waals surface area (Å²) in [5.41, 5.74) is 0.822. The molecule has 112 valence electrons. The molecule has 3 nitrogen and oxygen atoms in total. The maximum atomic E-state index is 13.4. The van der Waals surface area contributed by atoms with Crippen LogP contribution in [0.2, 0.25) is 0 Å². The van der Waals surface area contributed by atoms with E-state index in [2.05, 4.69) is 4.98 Å². The molecule has 2 heterocycles. The van der Waals surface area contributed by atoms with E-state index in [-0.39, 0.29) is 12.8 Å². The maximum absolute atomic E-state index is 13.4. The summed E-state index contributed by atoms with van der Waals surface area (Å²) in [7, 11) is 1.61. The molecule has 1 aliphatic rings. The van der Waals surface area contributed by atoms with Crippen LogP contribution in [0, 0.1) is 0 Å². The molecule has 1 fully saturated rings. The van der Waals surface area contributed by atoms with Crippen LogP contribution in [0.25, 0.3) is 10.9 Å². The molecule has 3 rings (SSSR count). The number of hydrogen-bond acceptors (Lipinski definition) is 3.